The van der Waals surface area contributed by atoms with Gasteiger partial charge in [-0.1, -0.05) is 24.1 Å². The molecule has 0 heterocycles. The van der Waals surface area contributed by atoms with Crippen molar-refractivity contribution >= 4 is 5.96 Å². The fraction of sp³-hybridized carbons (Fsp3) is 0.348. The Hall–Kier alpha value is -3.33. The average molecular weight is 396 g/mol. The number of hydrogen-bond acceptors (Lipinski definition) is 4. The molecule has 0 aliphatic heterocycles. The zero-order valence-electron chi connectivity index (χ0n) is 17.5. The van der Waals surface area contributed by atoms with E-state index in [-0.39, 0.29) is 6.61 Å². The Labute approximate surface area is 173 Å². The lowest BCUT2D eigenvalue weighted by atomic mass is 10.1. The highest BCUT2D eigenvalue weighted by molar-refractivity contribution is 5.79. The summed E-state index contributed by atoms with van der Waals surface area (Å²) in [4.78, 5) is 4.29. The molecule has 2 aromatic carbocycles. The summed E-state index contributed by atoms with van der Waals surface area (Å²) >= 11 is 0. The molecule has 6 nitrogen and oxygen atoms in total. The molecule has 0 radical (unpaired) electrons. The zero-order valence-corrected chi connectivity index (χ0v) is 17.5. The van der Waals surface area contributed by atoms with Crippen molar-refractivity contribution in [3.8, 4) is 29.6 Å². The number of hydrogen-bond donors (Lipinski definition) is 2. The minimum Gasteiger partial charge on any atom is -0.494 e. The molecule has 0 bridgehead atoms. The molecule has 0 spiro atoms. The van der Waals surface area contributed by atoms with Gasteiger partial charge in [-0.25, -0.2) is 0 Å². The van der Waals surface area contributed by atoms with E-state index in [2.05, 4.69) is 40.6 Å². The molecular formula is C23H29N3O3. The molecule has 0 fully saturated rings. The second-order valence-electron chi connectivity index (χ2n) is 6.30. The fourth-order valence-corrected chi connectivity index (χ4v) is 2.75. The van der Waals surface area contributed by atoms with Crippen LogP contribution in [0.25, 0.3) is 0 Å². The number of terminal acetylenes is 1. The molecular weight excluding hydrogens is 366 g/mol. The van der Waals surface area contributed by atoms with E-state index in [9.17, 15) is 0 Å². The summed E-state index contributed by atoms with van der Waals surface area (Å²) < 4.78 is 16.6. The van der Waals surface area contributed by atoms with Gasteiger partial charge in [0.1, 0.15) is 12.4 Å². The van der Waals surface area contributed by atoms with Crippen molar-refractivity contribution in [2.75, 3.05) is 27.4 Å². The standard InChI is InChI=1S/C23H29N3O3/c1-6-12-29-22-14-18(9-11-20(22)27-5)15-25-23(24-4)26-16-19-10-8-17(3)13-21(19)28-7-2/h1,8-11,13-14H,7,12,15-16H2,2-5H3,(H2,24,25,26). The second kappa shape index (κ2) is 11.5. The van der Waals surface area contributed by atoms with Crippen LogP contribution in [0.1, 0.15) is 23.6 Å². The molecule has 0 aromatic heterocycles. The van der Waals surface area contributed by atoms with Gasteiger partial charge >= 0.3 is 0 Å². The van der Waals surface area contributed by atoms with Crippen molar-refractivity contribution in [1.29, 1.82) is 0 Å². The van der Waals surface area contributed by atoms with Gasteiger partial charge in [-0.2, -0.15) is 0 Å². The van der Waals surface area contributed by atoms with Crippen molar-refractivity contribution in [1.82, 2.24) is 10.6 Å². The van der Waals surface area contributed by atoms with E-state index in [0.29, 0.717) is 37.2 Å². The molecule has 0 atom stereocenters. The lowest BCUT2D eigenvalue weighted by Crippen LogP contribution is -2.36. The Balaban J connectivity index is 1.98. The predicted octanol–water partition coefficient (Wildman–Crippen LogP) is 3.28. The van der Waals surface area contributed by atoms with Gasteiger partial charge in [0.25, 0.3) is 0 Å². The zero-order chi connectivity index (χ0) is 21.1. The maximum Gasteiger partial charge on any atom is 0.191 e. The highest BCUT2D eigenvalue weighted by Crippen LogP contribution is 2.28. The quantitative estimate of drug-likeness (QED) is 0.388. The van der Waals surface area contributed by atoms with Gasteiger partial charge in [0.15, 0.2) is 17.5 Å². The third-order valence-electron chi connectivity index (χ3n) is 4.19. The smallest absolute Gasteiger partial charge is 0.191 e. The number of methoxy groups -OCH3 is 1. The van der Waals surface area contributed by atoms with Crippen LogP contribution in [0.2, 0.25) is 0 Å². The molecule has 0 unspecified atom stereocenters. The number of nitrogens with one attached hydrogen (secondary N) is 2. The van der Waals surface area contributed by atoms with Crippen LogP contribution in [-0.4, -0.2) is 33.3 Å². The van der Waals surface area contributed by atoms with E-state index in [1.54, 1.807) is 14.2 Å². The topological polar surface area (TPSA) is 64.1 Å². The summed E-state index contributed by atoms with van der Waals surface area (Å²) in [6, 6.07) is 11.9. The van der Waals surface area contributed by atoms with Crippen molar-refractivity contribution in [2.45, 2.75) is 26.9 Å². The molecule has 0 aliphatic rings. The van der Waals surface area contributed by atoms with Gasteiger partial charge in [-0.05, 0) is 43.2 Å². The van der Waals surface area contributed by atoms with Gasteiger partial charge in [0.05, 0.1) is 13.7 Å². The summed E-state index contributed by atoms with van der Waals surface area (Å²) in [6.45, 7) is 6.03. The number of nitrogens with zero attached hydrogens (tertiary/aromatic N) is 1. The van der Waals surface area contributed by atoms with Crippen LogP contribution in [0.15, 0.2) is 41.4 Å². The Morgan fingerprint density at radius 2 is 1.83 bits per heavy atom. The first-order valence-corrected chi connectivity index (χ1v) is 9.51. The second-order valence-corrected chi connectivity index (χ2v) is 6.30. The summed E-state index contributed by atoms with van der Waals surface area (Å²) in [7, 11) is 3.34. The van der Waals surface area contributed by atoms with Gasteiger partial charge < -0.3 is 24.8 Å². The van der Waals surface area contributed by atoms with Gasteiger partial charge in [-0.3, -0.25) is 4.99 Å². The normalized spacial score (nSPS) is 10.8. The number of aliphatic imine (C=N–C) groups is 1. The molecule has 6 heteroatoms. The Bertz CT molecular complexity index is 872. The summed E-state index contributed by atoms with van der Waals surface area (Å²) in [5, 5.41) is 6.62. The molecule has 2 rings (SSSR count). The van der Waals surface area contributed by atoms with E-state index in [0.717, 1.165) is 16.9 Å². The highest BCUT2D eigenvalue weighted by Gasteiger charge is 2.08. The third kappa shape index (κ3) is 6.65. The largest absolute Gasteiger partial charge is 0.494 e. The Kier molecular flexibility index (Phi) is 8.71. The maximum absolute atomic E-state index is 5.74. The van der Waals surface area contributed by atoms with Crippen LogP contribution in [0.4, 0.5) is 0 Å². The van der Waals surface area contributed by atoms with E-state index in [4.69, 9.17) is 20.6 Å². The first-order valence-electron chi connectivity index (χ1n) is 9.51. The molecule has 0 saturated carbocycles. The van der Waals surface area contributed by atoms with Crippen molar-refractivity contribution in [3.63, 3.8) is 0 Å². The lowest BCUT2D eigenvalue weighted by Gasteiger charge is -2.16. The number of ether oxygens (including phenoxy) is 3. The van der Waals surface area contributed by atoms with E-state index in [1.807, 2.05) is 31.2 Å². The highest BCUT2D eigenvalue weighted by atomic mass is 16.5. The first kappa shape index (κ1) is 22.0. The fourth-order valence-electron chi connectivity index (χ4n) is 2.75. The molecule has 0 aliphatic carbocycles. The number of aryl methyl sites for hydroxylation is 1. The van der Waals surface area contributed by atoms with Crippen LogP contribution in [-0.2, 0) is 13.1 Å². The van der Waals surface area contributed by atoms with E-state index >= 15 is 0 Å². The van der Waals surface area contributed by atoms with Crippen molar-refractivity contribution in [3.05, 3.63) is 53.1 Å². The van der Waals surface area contributed by atoms with Crippen LogP contribution in [0.5, 0.6) is 17.2 Å². The molecule has 29 heavy (non-hydrogen) atoms. The van der Waals surface area contributed by atoms with Crippen molar-refractivity contribution in [2.24, 2.45) is 4.99 Å². The Morgan fingerprint density at radius 3 is 2.52 bits per heavy atom. The monoisotopic (exact) mass is 395 g/mol. The van der Waals surface area contributed by atoms with E-state index in [1.165, 1.54) is 5.56 Å². The van der Waals surface area contributed by atoms with E-state index < -0.39 is 0 Å². The average Bonchev–Trinajstić information content (AvgIpc) is 2.73. The lowest BCUT2D eigenvalue weighted by molar-refractivity contribution is 0.330. The molecule has 0 saturated heterocycles. The third-order valence-corrected chi connectivity index (χ3v) is 4.19. The van der Waals surface area contributed by atoms with Crippen LogP contribution >= 0.6 is 0 Å². The first-order chi connectivity index (χ1) is 14.1. The summed E-state index contributed by atoms with van der Waals surface area (Å²) in [5.41, 5.74) is 3.27. The summed E-state index contributed by atoms with van der Waals surface area (Å²) in [5.74, 6) is 5.31. The van der Waals surface area contributed by atoms with Crippen LogP contribution in [0, 0.1) is 19.3 Å². The summed E-state index contributed by atoms with van der Waals surface area (Å²) in [6.07, 6.45) is 5.28. The number of rotatable bonds is 9. The maximum atomic E-state index is 5.74. The van der Waals surface area contributed by atoms with Gasteiger partial charge in [0, 0.05) is 25.7 Å². The molecule has 2 N–H and O–H groups in total. The predicted molar refractivity (Wildman–Crippen MR) is 117 cm³/mol. The van der Waals surface area contributed by atoms with Crippen LogP contribution in [0.3, 0.4) is 0 Å². The number of benzene rings is 2. The molecule has 0 amide bonds. The minimum absolute atomic E-state index is 0.190. The molecule has 154 valence electrons. The molecule has 2 aromatic rings. The minimum atomic E-state index is 0.190. The Morgan fingerprint density at radius 1 is 1.03 bits per heavy atom. The van der Waals surface area contributed by atoms with Crippen molar-refractivity contribution < 1.29 is 14.2 Å². The van der Waals surface area contributed by atoms with Crippen LogP contribution < -0.4 is 24.8 Å². The van der Waals surface area contributed by atoms with Gasteiger partial charge in [0.2, 0.25) is 0 Å². The number of guanidine groups is 1. The SMILES string of the molecule is C#CCOc1cc(CNC(=NC)NCc2ccc(C)cc2OCC)ccc1OC. The van der Waals surface area contributed by atoms with Gasteiger partial charge in [-0.15, -0.1) is 6.42 Å².